The van der Waals surface area contributed by atoms with Crippen molar-refractivity contribution < 1.29 is 14.3 Å². The van der Waals surface area contributed by atoms with Crippen LogP contribution in [0, 0.1) is 23.2 Å². The molecule has 0 spiro atoms. The maximum Gasteiger partial charge on any atom is 0.313 e. The summed E-state index contributed by atoms with van der Waals surface area (Å²) in [6.07, 6.45) is 6.37. The molecule has 2 rings (SSSR count). The Bertz CT molecular complexity index is 434. The van der Waals surface area contributed by atoms with Crippen molar-refractivity contribution in [3.63, 3.8) is 0 Å². The summed E-state index contributed by atoms with van der Waals surface area (Å²) in [6, 6.07) is 0. The van der Waals surface area contributed by atoms with E-state index in [0.29, 0.717) is 12.8 Å². The van der Waals surface area contributed by atoms with Crippen molar-refractivity contribution in [2.45, 2.75) is 39.2 Å². The lowest BCUT2D eigenvalue weighted by molar-refractivity contribution is -0.168. The maximum atomic E-state index is 12.2. The van der Waals surface area contributed by atoms with Gasteiger partial charge in [0.05, 0.1) is 12.0 Å². The van der Waals surface area contributed by atoms with Gasteiger partial charge in [0.25, 0.3) is 5.91 Å². The lowest BCUT2D eigenvalue weighted by Gasteiger charge is -2.35. The highest BCUT2D eigenvalue weighted by atomic mass is 16.6. The smallest absolute Gasteiger partial charge is 0.313 e. The summed E-state index contributed by atoms with van der Waals surface area (Å²) in [7, 11) is 0. The second kappa shape index (κ2) is 3.25. The van der Waals surface area contributed by atoms with Crippen molar-refractivity contribution >= 4 is 11.9 Å². The zero-order valence-electron chi connectivity index (χ0n) is 10.4. The van der Waals surface area contributed by atoms with Gasteiger partial charge in [0.1, 0.15) is 0 Å². The molecule has 1 N–H and O–H groups in total. The minimum Gasteiger partial charge on any atom is -0.448 e. The average Bonchev–Trinajstić information content (AvgIpc) is 2.56. The quantitative estimate of drug-likeness (QED) is 0.570. The summed E-state index contributed by atoms with van der Waals surface area (Å²) >= 11 is 0. The molecular formula is C13H17NO3. The largest absolute Gasteiger partial charge is 0.448 e. The predicted octanol–water partition coefficient (Wildman–Crippen LogP) is 0.858. The van der Waals surface area contributed by atoms with Gasteiger partial charge in [-0.25, -0.2) is 0 Å². The SMILES string of the molecule is C#CCNC(=O)C12CCC(C)(C(=O)O1)C2(C)C. The fourth-order valence-electron chi connectivity index (χ4n) is 3.02. The summed E-state index contributed by atoms with van der Waals surface area (Å²) in [5.41, 5.74) is -2.12. The normalized spacial score (nSPS) is 37.4. The van der Waals surface area contributed by atoms with Gasteiger partial charge in [0, 0.05) is 5.41 Å². The van der Waals surface area contributed by atoms with Gasteiger partial charge in [-0.05, 0) is 19.8 Å². The molecule has 2 bridgehead atoms. The first-order valence-corrected chi connectivity index (χ1v) is 5.77. The van der Waals surface area contributed by atoms with Crippen LogP contribution in [0.25, 0.3) is 0 Å². The molecule has 17 heavy (non-hydrogen) atoms. The molecule has 0 aromatic carbocycles. The van der Waals surface area contributed by atoms with Crippen LogP contribution in [0.5, 0.6) is 0 Å². The van der Waals surface area contributed by atoms with E-state index in [2.05, 4.69) is 11.2 Å². The fourth-order valence-corrected chi connectivity index (χ4v) is 3.02. The summed E-state index contributed by atoms with van der Waals surface area (Å²) in [5.74, 6) is 1.81. The first kappa shape index (κ1) is 12.0. The topological polar surface area (TPSA) is 55.4 Å². The van der Waals surface area contributed by atoms with Crippen molar-refractivity contribution in [3.8, 4) is 12.3 Å². The van der Waals surface area contributed by atoms with Crippen LogP contribution in [-0.4, -0.2) is 24.0 Å². The van der Waals surface area contributed by atoms with E-state index in [-0.39, 0.29) is 18.4 Å². The van der Waals surface area contributed by atoms with Gasteiger partial charge in [-0.1, -0.05) is 19.8 Å². The van der Waals surface area contributed by atoms with Gasteiger partial charge < -0.3 is 10.1 Å². The van der Waals surface area contributed by atoms with E-state index in [9.17, 15) is 9.59 Å². The van der Waals surface area contributed by atoms with Gasteiger partial charge in [-0.3, -0.25) is 9.59 Å². The van der Waals surface area contributed by atoms with Crippen LogP contribution in [0.1, 0.15) is 33.6 Å². The molecule has 1 aliphatic carbocycles. The van der Waals surface area contributed by atoms with Crippen LogP contribution < -0.4 is 5.32 Å². The van der Waals surface area contributed by atoms with E-state index < -0.39 is 16.4 Å². The second-order valence-corrected chi connectivity index (χ2v) is 5.56. The molecular weight excluding hydrogens is 218 g/mol. The van der Waals surface area contributed by atoms with E-state index >= 15 is 0 Å². The molecule has 0 aromatic heterocycles. The third-order valence-electron chi connectivity index (χ3n) is 4.80. The van der Waals surface area contributed by atoms with Crippen LogP contribution in [-0.2, 0) is 14.3 Å². The van der Waals surface area contributed by atoms with Crippen LogP contribution in [0.4, 0.5) is 0 Å². The summed E-state index contributed by atoms with van der Waals surface area (Å²) in [5, 5.41) is 2.63. The Morgan fingerprint density at radius 2 is 2.12 bits per heavy atom. The van der Waals surface area contributed by atoms with E-state index in [1.807, 2.05) is 20.8 Å². The maximum absolute atomic E-state index is 12.2. The summed E-state index contributed by atoms with van der Waals surface area (Å²) in [4.78, 5) is 24.1. The third-order valence-corrected chi connectivity index (χ3v) is 4.80. The van der Waals surface area contributed by atoms with Crippen molar-refractivity contribution in [2.75, 3.05) is 6.54 Å². The van der Waals surface area contributed by atoms with E-state index in [1.54, 1.807) is 0 Å². The highest BCUT2D eigenvalue weighted by molar-refractivity contribution is 5.96. The molecule has 4 nitrogen and oxygen atoms in total. The minimum atomic E-state index is -1.05. The number of ether oxygens (including phenoxy) is 1. The van der Waals surface area contributed by atoms with Gasteiger partial charge in [-0.2, -0.15) is 0 Å². The molecule has 0 radical (unpaired) electrons. The molecule has 1 heterocycles. The number of hydrogen-bond donors (Lipinski definition) is 1. The average molecular weight is 235 g/mol. The van der Waals surface area contributed by atoms with Crippen LogP contribution in [0.3, 0.4) is 0 Å². The number of amides is 1. The molecule has 1 aliphatic heterocycles. The number of hydrogen-bond acceptors (Lipinski definition) is 3. The van der Waals surface area contributed by atoms with Gasteiger partial charge in [0.2, 0.25) is 0 Å². The second-order valence-electron chi connectivity index (χ2n) is 5.56. The van der Waals surface area contributed by atoms with Crippen molar-refractivity contribution in [3.05, 3.63) is 0 Å². The zero-order chi connectivity index (χ0) is 12.9. The van der Waals surface area contributed by atoms with Gasteiger partial charge >= 0.3 is 5.97 Å². The summed E-state index contributed by atoms with van der Waals surface area (Å²) in [6.45, 7) is 5.87. The van der Waals surface area contributed by atoms with Crippen molar-refractivity contribution in [1.82, 2.24) is 5.32 Å². The number of nitrogens with one attached hydrogen (secondary N) is 1. The van der Waals surface area contributed by atoms with Crippen molar-refractivity contribution in [1.29, 1.82) is 0 Å². The number of esters is 1. The molecule has 2 unspecified atom stereocenters. The monoisotopic (exact) mass is 235 g/mol. The Labute approximate surface area is 101 Å². The third kappa shape index (κ3) is 1.14. The first-order chi connectivity index (χ1) is 7.82. The Hall–Kier alpha value is -1.50. The standard InChI is InChI=1S/C13H17NO3/c1-5-8-14-9(15)13-7-6-12(4,10(16)17-13)11(13,2)3/h1H,6-8H2,2-4H3,(H,14,15). The van der Waals surface area contributed by atoms with Crippen molar-refractivity contribution in [2.24, 2.45) is 10.8 Å². The number of fused-ring (bicyclic) bond motifs is 2. The highest BCUT2D eigenvalue weighted by Gasteiger charge is 2.75. The lowest BCUT2D eigenvalue weighted by Crippen LogP contribution is -2.53. The molecule has 2 fully saturated rings. The predicted molar refractivity (Wildman–Crippen MR) is 61.8 cm³/mol. The fraction of sp³-hybridized carbons (Fsp3) is 0.692. The van der Waals surface area contributed by atoms with E-state index in [1.165, 1.54) is 0 Å². The van der Waals surface area contributed by atoms with Crippen LogP contribution in [0.2, 0.25) is 0 Å². The van der Waals surface area contributed by atoms with Crippen LogP contribution in [0.15, 0.2) is 0 Å². The van der Waals surface area contributed by atoms with Crippen LogP contribution >= 0.6 is 0 Å². The molecule has 0 aromatic rings. The van der Waals surface area contributed by atoms with E-state index in [0.717, 1.165) is 0 Å². The summed E-state index contributed by atoms with van der Waals surface area (Å²) < 4.78 is 5.41. The molecule has 2 atom stereocenters. The molecule has 1 saturated heterocycles. The molecule has 4 heteroatoms. The Balaban J connectivity index is 2.37. The number of carbonyl (C=O) groups excluding carboxylic acids is 2. The zero-order valence-corrected chi connectivity index (χ0v) is 10.4. The number of rotatable bonds is 2. The molecule has 1 saturated carbocycles. The molecule has 2 aliphatic rings. The highest BCUT2D eigenvalue weighted by Crippen LogP contribution is 2.65. The van der Waals surface area contributed by atoms with Gasteiger partial charge in [-0.15, -0.1) is 6.42 Å². The van der Waals surface area contributed by atoms with Gasteiger partial charge in [0.15, 0.2) is 5.60 Å². The molecule has 92 valence electrons. The molecule has 1 amide bonds. The number of terminal acetylenes is 1. The Kier molecular flexibility index (Phi) is 2.29. The number of carbonyl (C=O) groups is 2. The Morgan fingerprint density at radius 3 is 2.53 bits per heavy atom. The lowest BCUT2D eigenvalue weighted by atomic mass is 9.66. The minimum absolute atomic E-state index is 0.158. The first-order valence-electron chi connectivity index (χ1n) is 5.77. The van der Waals surface area contributed by atoms with E-state index in [4.69, 9.17) is 11.2 Å². The Morgan fingerprint density at radius 1 is 1.47 bits per heavy atom.